The van der Waals surface area contributed by atoms with Crippen LogP contribution in [0.2, 0.25) is 0 Å². The van der Waals surface area contributed by atoms with Gasteiger partial charge in [-0.2, -0.15) is 0 Å². The molecule has 0 amide bonds. The Morgan fingerprint density at radius 1 is 1.19 bits per heavy atom. The third-order valence-corrected chi connectivity index (χ3v) is 2.14. The third kappa shape index (κ3) is 2.48. The highest BCUT2D eigenvalue weighted by Gasteiger charge is 2.11. The second kappa shape index (κ2) is 5.11. The maximum atomic E-state index is 11.4. The zero-order valence-electron chi connectivity index (χ0n) is 9.06. The number of rotatable bonds is 3. The summed E-state index contributed by atoms with van der Waals surface area (Å²) >= 11 is 0. The lowest BCUT2D eigenvalue weighted by Crippen LogP contribution is -2.04. The summed E-state index contributed by atoms with van der Waals surface area (Å²) < 4.78 is 4.61. The van der Waals surface area contributed by atoms with E-state index in [0.717, 1.165) is 0 Å². The average Bonchev–Trinajstić information content (AvgIpc) is 2.30. The van der Waals surface area contributed by atoms with Gasteiger partial charge in [-0.15, -0.1) is 0 Å². The standard InChI is InChI=1S/C12H12O4/c1-3-10(12(15)16-2)8-4-6-9(7-5-8)11(13)14/h3-7H,1-2H3,(H,13,14). The normalized spacial score (nSPS) is 11.0. The first-order valence-electron chi connectivity index (χ1n) is 4.68. The van der Waals surface area contributed by atoms with Gasteiger partial charge in [0.2, 0.25) is 0 Å². The van der Waals surface area contributed by atoms with Gasteiger partial charge in [0.25, 0.3) is 0 Å². The molecule has 0 radical (unpaired) electrons. The summed E-state index contributed by atoms with van der Waals surface area (Å²) in [5.41, 5.74) is 1.24. The minimum Gasteiger partial charge on any atom is -0.478 e. The zero-order chi connectivity index (χ0) is 12.1. The summed E-state index contributed by atoms with van der Waals surface area (Å²) in [4.78, 5) is 22.0. The molecule has 84 valence electrons. The van der Waals surface area contributed by atoms with Gasteiger partial charge in [0, 0.05) is 0 Å². The van der Waals surface area contributed by atoms with Crippen molar-refractivity contribution in [3.63, 3.8) is 0 Å². The lowest BCUT2D eigenvalue weighted by molar-refractivity contribution is -0.133. The molecule has 0 fully saturated rings. The van der Waals surface area contributed by atoms with Crippen LogP contribution in [-0.2, 0) is 9.53 Å². The van der Waals surface area contributed by atoms with Crippen molar-refractivity contribution < 1.29 is 19.4 Å². The van der Waals surface area contributed by atoms with E-state index in [2.05, 4.69) is 4.74 Å². The maximum absolute atomic E-state index is 11.4. The van der Waals surface area contributed by atoms with Crippen molar-refractivity contribution in [2.75, 3.05) is 7.11 Å². The molecule has 16 heavy (non-hydrogen) atoms. The third-order valence-electron chi connectivity index (χ3n) is 2.14. The van der Waals surface area contributed by atoms with Crippen LogP contribution in [-0.4, -0.2) is 24.2 Å². The molecule has 0 aromatic heterocycles. The molecule has 1 aromatic carbocycles. The van der Waals surface area contributed by atoms with Crippen LogP contribution >= 0.6 is 0 Å². The molecule has 0 bridgehead atoms. The summed E-state index contributed by atoms with van der Waals surface area (Å²) in [6.07, 6.45) is 1.63. The minimum atomic E-state index is -0.994. The molecule has 1 N–H and O–H groups in total. The largest absolute Gasteiger partial charge is 0.478 e. The van der Waals surface area contributed by atoms with E-state index in [4.69, 9.17) is 5.11 Å². The summed E-state index contributed by atoms with van der Waals surface area (Å²) in [6, 6.07) is 6.06. The summed E-state index contributed by atoms with van der Waals surface area (Å²) in [6.45, 7) is 1.72. The molecular formula is C12H12O4. The highest BCUT2D eigenvalue weighted by atomic mass is 16.5. The number of hydrogen-bond donors (Lipinski definition) is 1. The molecule has 4 nitrogen and oxygen atoms in total. The molecule has 0 aliphatic rings. The molecule has 0 unspecified atom stereocenters. The Hall–Kier alpha value is -2.10. The Morgan fingerprint density at radius 3 is 2.06 bits per heavy atom. The molecular weight excluding hydrogens is 208 g/mol. The van der Waals surface area contributed by atoms with Crippen LogP contribution in [0.1, 0.15) is 22.8 Å². The summed E-state index contributed by atoms with van der Waals surface area (Å²) in [7, 11) is 1.30. The second-order valence-corrected chi connectivity index (χ2v) is 3.08. The Bertz CT molecular complexity index is 429. The van der Waals surface area contributed by atoms with Crippen LogP contribution in [0, 0.1) is 0 Å². The Morgan fingerprint density at radius 2 is 1.69 bits per heavy atom. The monoisotopic (exact) mass is 220 g/mol. The molecule has 1 aromatic rings. The number of esters is 1. The van der Waals surface area contributed by atoms with Gasteiger partial charge >= 0.3 is 11.9 Å². The highest BCUT2D eigenvalue weighted by Crippen LogP contribution is 2.16. The minimum absolute atomic E-state index is 0.184. The Kier molecular flexibility index (Phi) is 3.83. The second-order valence-electron chi connectivity index (χ2n) is 3.08. The fourth-order valence-electron chi connectivity index (χ4n) is 1.30. The van der Waals surface area contributed by atoms with Gasteiger partial charge in [-0.05, 0) is 24.6 Å². The van der Waals surface area contributed by atoms with E-state index in [9.17, 15) is 9.59 Å². The van der Waals surface area contributed by atoms with E-state index in [1.54, 1.807) is 25.1 Å². The topological polar surface area (TPSA) is 63.6 Å². The fourth-order valence-corrected chi connectivity index (χ4v) is 1.30. The number of benzene rings is 1. The first kappa shape index (κ1) is 12.0. The first-order valence-corrected chi connectivity index (χ1v) is 4.68. The van der Waals surface area contributed by atoms with Crippen molar-refractivity contribution in [1.29, 1.82) is 0 Å². The molecule has 0 saturated carbocycles. The van der Waals surface area contributed by atoms with Gasteiger partial charge in [0.1, 0.15) is 0 Å². The molecule has 1 rings (SSSR count). The van der Waals surface area contributed by atoms with Crippen molar-refractivity contribution in [3.8, 4) is 0 Å². The van der Waals surface area contributed by atoms with Gasteiger partial charge < -0.3 is 9.84 Å². The number of hydrogen-bond acceptors (Lipinski definition) is 3. The van der Waals surface area contributed by atoms with Gasteiger partial charge in [-0.25, -0.2) is 9.59 Å². The van der Waals surface area contributed by atoms with Crippen molar-refractivity contribution in [2.24, 2.45) is 0 Å². The van der Waals surface area contributed by atoms with E-state index in [-0.39, 0.29) is 5.56 Å². The SMILES string of the molecule is CC=C(C(=O)OC)c1ccc(C(=O)O)cc1. The smallest absolute Gasteiger partial charge is 0.338 e. The Balaban J connectivity index is 3.05. The quantitative estimate of drug-likeness (QED) is 0.624. The van der Waals surface area contributed by atoms with E-state index < -0.39 is 11.9 Å². The number of methoxy groups -OCH3 is 1. The molecule has 0 atom stereocenters. The van der Waals surface area contributed by atoms with Crippen LogP contribution in [0.15, 0.2) is 30.3 Å². The van der Waals surface area contributed by atoms with Crippen LogP contribution in [0.3, 0.4) is 0 Å². The average molecular weight is 220 g/mol. The highest BCUT2D eigenvalue weighted by molar-refractivity contribution is 6.16. The van der Waals surface area contributed by atoms with Crippen molar-refractivity contribution in [3.05, 3.63) is 41.5 Å². The van der Waals surface area contributed by atoms with Crippen molar-refractivity contribution in [1.82, 2.24) is 0 Å². The van der Waals surface area contributed by atoms with Crippen LogP contribution in [0.25, 0.3) is 5.57 Å². The van der Waals surface area contributed by atoms with Gasteiger partial charge in [-0.3, -0.25) is 0 Å². The number of carboxylic acid groups (broad SMARTS) is 1. The van der Waals surface area contributed by atoms with E-state index in [1.807, 2.05) is 0 Å². The number of ether oxygens (including phenoxy) is 1. The predicted molar refractivity (Wildman–Crippen MR) is 59.1 cm³/mol. The van der Waals surface area contributed by atoms with Crippen LogP contribution in [0.5, 0.6) is 0 Å². The van der Waals surface area contributed by atoms with Gasteiger partial charge in [-0.1, -0.05) is 18.2 Å². The Labute approximate surface area is 93.2 Å². The number of allylic oxidation sites excluding steroid dienone is 1. The summed E-state index contributed by atoms with van der Waals surface area (Å²) in [5, 5.41) is 8.72. The fraction of sp³-hybridized carbons (Fsp3) is 0.167. The van der Waals surface area contributed by atoms with Crippen LogP contribution in [0.4, 0.5) is 0 Å². The number of aromatic carboxylic acids is 1. The number of carbonyl (C=O) groups is 2. The zero-order valence-corrected chi connectivity index (χ0v) is 9.06. The van der Waals surface area contributed by atoms with Crippen molar-refractivity contribution >= 4 is 17.5 Å². The van der Waals surface area contributed by atoms with E-state index >= 15 is 0 Å². The lowest BCUT2D eigenvalue weighted by Gasteiger charge is -2.05. The molecule has 0 aliphatic heterocycles. The van der Waals surface area contributed by atoms with Gasteiger partial charge in [0.15, 0.2) is 0 Å². The lowest BCUT2D eigenvalue weighted by atomic mass is 10.0. The van der Waals surface area contributed by atoms with Crippen LogP contribution < -0.4 is 0 Å². The molecule has 0 aliphatic carbocycles. The number of carboxylic acids is 1. The molecule has 0 heterocycles. The first-order chi connectivity index (χ1) is 7.60. The van der Waals surface area contributed by atoms with Crippen molar-refractivity contribution in [2.45, 2.75) is 6.92 Å². The summed E-state index contributed by atoms with van der Waals surface area (Å²) in [5.74, 6) is -1.43. The van der Waals surface area contributed by atoms with E-state index in [0.29, 0.717) is 11.1 Å². The number of carbonyl (C=O) groups excluding carboxylic acids is 1. The molecule has 0 spiro atoms. The molecule has 0 saturated heterocycles. The maximum Gasteiger partial charge on any atom is 0.338 e. The predicted octanol–water partition coefficient (Wildman–Crippen LogP) is 1.96. The molecule has 4 heteroatoms. The van der Waals surface area contributed by atoms with Gasteiger partial charge in [0.05, 0.1) is 18.2 Å². The van der Waals surface area contributed by atoms with E-state index in [1.165, 1.54) is 19.2 Å².